The maximum atomic E-state index is 11.9. The zero-order valence-corrected chi connectivity index (χ0v) is 14.3. The van der Waals surface area contributed by atoms with Gasteiger partial charge in [0.1, 0.15) is 11.8 Å². The fraction of sp³-hybridized carbons (Fsp3) is 0.471. The number of amides is 2. The van der Waals surface area contributed by atoms with Crippen molar-refractivity contribution in [2.45, 2.75) is 33.2 Å². The minimum Gasteiger partial charge on any atom is -0.494 e. The number of ether oxygens (including phenoxy) is 2. The molecule has 1 aromatic carbocycles. The molecule has 0 spiro atoms. The molecule has 0 fully saturated rings. The fourth-order valence-electron chi connectivity index (χ4n) is 1.82. The molecule has 0 unspecified atom stereocenters. The van der Waals surface area contributed by atoms with Gasteiger partial charge in [-0.3, -0.25) is 9.59 Å². The number of hydrogen-bond acceptors (Lipinski definition) is 5. The van der Waals surface area contributed by atoms with E-state index < -0.39 is 24.5 Å². The van der Waals surface area contributed by atoms with Crippen molar-refractivity contribution >= 4 is 17.8 Å². The Balaban J connectivity index is 2.40. The molecule has 0 aliphatic heterocycles. The molecule has 1 rings (SSSR count). The monoisotopic (exact) mass is 336 g/mol. The van der Waals surface area contributed by atoms with Gasteiger partial charge in [0.15, 0.2) is 6.61 Å². The van der Waals surface area contributed by atoms with E-state index in [0.717, 1.165) is 6.42 Å². The van der Waals surface area contributed by atoms with Crippen LogP contribution in [-0.2, 0) is 14.3 Å². The lowest BCUT2D eigenvalue weighted by atomic mass is 10.2. The average Bonchev–Trinajstić information content (AvgIpc) is 2.58. The summed E-state index contributed by atoms with van der Waals surface area (Å²) in [6, 6.07) is 5.74. The van der Waals surface area contributed by atoms with Gasteiger partial charge in [-0.2, -0.15) is 0 Å². The first-order valence-electron chi connectivity index (χ1n) is 7.95. The third kappa shape index (κ3) is 6.68. The van der Waals surface area contributed by atoms with Crippen molar-refractivity contribution < 1.29 is 23.9 Å². The van der Waals surface area contributed by atoms with Crippen molar-refractivity contribution in [2.24, 2.45) is 0 Å². The molecule has 2 amide bonds. The van der Waals surface area contributed by atoms with E-state index in [9.17, 15) is 14.4 Å². The van der Waals surface area contributed by atoms with Crippen LogP contribution >= 0.6 is 0 Å². The van der Waals surface area contributed by atoms with Gasteiger partial charge >= 0.3 is 5.97 Å². The number of carbonyl (C=O) groups is 3. The number of nitrogens with one attached hydrogen (secondary N) is 2. The van der Waals surface area contributed by atoms with Crippen LogP contribution in [0.25, 0.3) is 0 Å². The summed E-state index contributed by atoms with van der Waals surface area (Å²) in [5.41, 5.74) is 0.319. The lowest BCUT2D eigenvalue weighted by Gasteiger charge is -2.13. The molecule has 0 aliphatic rings. The van der Waals surface area contributed by atoms with Crippen LogP contribution in [0.2, 0.25) is 0 Å². The van der Waals surface area contributed by atoms with Crippen LogP contribution in [0.4, 0.5) is 0 Å². The zero-order valence-electron chi connectivity index (χ0n) is 14.3. The van der Waals surface area contributed by atoms with E-state index in [2.05, 4.69) is 10.6 Å². The van der Waals surface area contributed by atoms with Gasteiger partial charge in [-0.15, -0.1) is 0 Å². The molecule has 7 heteroatoms. The van der Waals surface area contributed by atoms with Crippen molar-refractivity contribution in [3.8, 4) is 5.75 Å². The molecule has 132 valence electrons. The first-order valence-corrected chi connectivity index (χ1v) is 7.95. The number of carbonyl (C=O) groups excluding carboxylic acids is 3. The summed E-state index contributed by atoms with van der Waals surface area (Å²) in [5, 5.41) is 5.14. The van der Waals surface area contributed by atoms with Crippen LogP contribution in [0.1, 0.15) is 37.6 Å². The minimum absolute atomic E-state index is 0.275. The molecule has 0 bridgehead atoms. The summed E-state index contributed by atoms with van der Waals surface area (Å²) in [4.78, 5) is 35.2. The summed E-state index contributed by atoms with van der Waals surface area (Å²) < 4.78 is 10.2. The van der Waals surface area contributed by atoms with Crippen LogP contribution < -0.4 is 15.4 Å². The number of benzene rings is 1. The molecule has 1 aromatic rings. The molecule has 2 N–H and O–H groups in total. The Morgan fingerprint density at radius 2 is 1.79 bits per heavy atom. The summed E-state index contributed by atoms with van der Waals surface area (Å²) in [6.45, 7) is 6.00. The second kappa shape index (κ2) is 10.3. The second-order valence-electron chi connectivity index (χ2n) is 5.11. The van der Waals surface area contributed by atoms with Gasteiger partial charge < -0.3 is 20.1 Å². The molecule has 0 saturated carbocycles. The van der Waals surface area contributed by atoms with E-state index in [0.29, 0.717) is 24.5 Å². The van der Waals surface area contributed by atoms with Crippen LogP contribution in [0.15, 0.2) is 24.3 Å². The Bertz CT molecular complexity index is 557. The molecule has 0 heterocycles. The molecular weight excluding hydrogens is 312 g/mol. The fourth-order valence-corrected chi connectivity index (χ4v) is 1.82. The van der Waals surface area contributed by atoms with Gasteiger partial charge in [0.25, 0.3) is 5.91 Å². The molecule has 0 aromatic heterocycles. The van der Waals surface area contributed by atoms with Crippen molar-refractivity contribution in [3.05, 3.63) is 29.8 Å². The molecular formula is C17H24N2O5. The predicted octanol–water partition coefficient (Wildman–Crippen LogP) is 1.27. The molecule has 7 nitrogen and oxygen atoms in total. The van der Waals surface area contributed by atoms with Gasteiger partial charge in [-0.1, -0.05) is 6.92 Å². The van der Waals surface area contributed by atoms with Gasteiger partial charge in [0.2, 0.25) is 5.91 Å². The molecule has 0 aliphatic carbocycles. The second-order valence-corrected chi connectivity index (χ2v) is 5.11. The van der Waals surface area contributed by atoms with Crippen LogP contribution in [0.3, 0.4) is 0 Å². The SMILES string of the molecule is CCCNC(=O)[C@H](C)NC(=O)COC(=O)c1ccc(OCC)cc1. The van der Waals surface area contributed by atoms with Gasteiger partial charge in [-0.05, 0) is 44.5 Å². The Morgan fingerprint density at radius 3 is 2.38 bits per heavy atom. The van der Waals surface area contributed by atoms with E-state index in [1.165, 1.54) is 0 Å². The number of esters is 1. The van der Waals surface area contributed by atoms with E-state index in [1.54, 1.807) is 31.2 Å². The van der Waals surface area contributed by atoms with Crippen molar-refractivity contribution in [1.82, 2.24) is 10.6 Å². The average molecular weight is 336 g/mol. The van der Waals surface area contributed by atoms with E-state index in [-0.39, 0.29) is 5.91 Å². The van der Waals surface area contributed by atoms with Gasteiger partial charge in [0, 0.05) is 6.54 Å². The van der Waals surface area contributed by atoms with Crippen molar-refractivity contribution in [3.63, 3.8) is 0 Å². The number of hydrogen-bond donors (Lipinski definition) is 2. The Hall–Kier alpha value is -2.57. The third-order valence-electron chi connectivity index (χ3n) is 3.06. The highest BCUT2D eigenvalue weighted by Crippen LogP contribution is 2.12. The van der Waals surface area contributed by atoms with Crippen LogP contribution in [0, 0.1) is 0 Å². The maximum Gasteiger partial charge on any atom is 0.338 e. The van der Waals surface area contributed by atoms with Crippen molar-refractivity contribution in [1.29, 1.82) is 0 Å². The summed E-state index contributed by atoms with van der Waals surface area (Å²) >= 11 is 0. The highest BCUT2D eigenvalue weighted by Gasteiger charge is 2.16. The van der Waals surface area contributed by atoms with Crippen LogP contribution in [-0.4, -0.2) is 43.6 Å². The standard InChI is InChI=1S/C17H24N2O5/c1-4-10-18-16(21)12(3)19-15(20)11-24-17(22)13-6-8-14(9-7-13)23-5-2/h6-9,12H,4-5,10-11H2,1-3H3,(H,18,21)(H,19,20)/t12-/m0/s1. The smallest absolute Gasteiger partial charge is 0.338 e. The van der Waals surface area contributed by atoms with Gasteiger partial charge in [-0.25, -0.2) is 4.79 Å². The highest BCUT2D eigenvalue weighted by molar-refractivity contribution is 5.92. The van der Waals surface area contributed by atoms with E-state index >= 15 is 0 Å². The van der Waals surface area contributed by atoms with E-state index in [4.69, 9.17) is 9.47 Å². The lowest BCUT2D eigenvalue weighted by Crippen LogP contribution is -2.46. The lowest BCUT2D eigenvalue weighted by molar-refractivity contribution is -0.130. The Kier molecular flexibility index (Phi) is 8.32. The summed E-state index contributed by atoms with van der Waals surface area (Å²) in [5.74, 6) is -0.772. The Morgan fingerprint density at radius 1 is 1.12 bits per heavy atom. The number of rotatable bonds is 9. The van der Waals surface area contributed by atoms with Gasteiger partial charge in [0.05, 0.1) is 12.2 Å². The van der Waals surface area contributed by atoms with E-state index in [1.807, 2.05) is 13.8 Å². The minimum atomic E-state index is -0.687. The largest absolute Gasteiger partial charge is 0.494 e. The maximum absolute atomic E-state index is 11.9. The first kappa shape index (κ1) is 19.5. The zero-order chi connectivity index (χ0) is 17.9. The first-order chi connectivity index (χ1) is 11.5. The topological polar surface area (TPSA) is 93.7 Å². The summed E-state index contributed by atoms with van der Waals surface area (Å²) in [7, 11) is 0. The summed E-state index contributed by atoms with van der Waals surface area (Å²) in [6.07, 6.45) is 0.812. The molecule has 0 saturated heterocycles. The van der Waals surface area contributed by atoms with Crippen LogP contribution in [0.5, 0.6) is 5.75 Å². The molecule has 1 atom stereocenters. The molecule has 0 radical (unpaired) electrons. The van der Waals surface area contributed by atoms with Crippen molar-refractivity contribution in [2.75, 3.05) is 19.8 Å². The molecule has 24 heavy (non-hydrogen) atoms. The quantitative estimate of drug-likeness (QED) is 0.663. The normalized spacial score (nSPS) is 11.3. The predicted molar refractivity (Wildman–Crippen MR) is 88.8 cm³/mol. The third-order valence-corrected chi connectivity index (χ3v) is 3.06. The highest BCUT2D eigenvalue weighted by atomic mass is 16.5. The Labute approximate surface area is 141 Å².